The zero-order valence-corrected chi connectivity index (χ0v) is 11.7. The number of benzene rings is 1. The summed E-state index contributed by atoms with van der Waals surface area (Å²) in [7, 11) is 7.22. The molecule has 1 aromatic heterocycles. The third-order valence-electron chi connectivity index (χ3n) is 3.05. The van der Waals surface area contributed by atoms with Gasteiger partial charge in [-0.1, -0.05) is 0 Å². The van der Waals surface area contributed by atoms with Crippen LogP contribution in [0, 0.1) is 0 Å². The number of nitrogens with one attached hydrogen (secondary N) is 2. The first-order valence-corrected chi connectivity index (χ1v) is 6.07. The number of hydrogen-bond donors (Lipinski definition) is 2. The fourth-order valence-electron chi connectivity index (χ4n) is 1.96. The number of guanidine groups is 1. The lowest BCUT2D eigenvalue weighted by Crippen LogP contribution is -2.34. The van der Waals surface area contributed by atoms with Crippen LogP contribution < -0.4 is 15.4 Å². The number of aromatic nitrogens is 2. The lowest BCUT2D eigenvalue weighted by atomic mass is 10.3. The standard InChI is InChI=1S/C13H19N5O/c1-14-13(15-2)16-8-12-17-10-7-9(19-4)5-6-11(10)18(12)3/h5-7H,8H2,1-4H3,(H2,14,15,16). The highest BCUT2D eigenvalue weighted by Gasteiger charge is 2.08. The Morgan fingerprint density at radius 3 is 2.89 bits per heavy atom. The Labute approximate surface area is 112 Å². The highest BCUT2D eigenvalue weighted by molar-refractivity contribution is 5.80. The fourth-order valence-corrected chi connectivity index (χ4v) is 1.96. The molecule has 0 aliphatic heterocycles. The van der Waals surface area contributed by atoms with Crippen molar-refractivity contribution in [3.05, 3.63) is 24.0 Å². The van der Waals surface area contributed by atoms with Crippen LogP contribution in [0.25, 0.3) is 11.0 Å². The predicted octanol–water partition coefficient (Wildman–Crippen LogP) is 0.877. The molecular formula is C13H19N5O. The maximum atomic E-state index is 5.21. The third-order valence-corrected chi connectivity index (χ3v) is 3.05. The lowest BCUT2D eigenvalue weighted by Gasteiger charge is -2.08. The summed E-state index contributed by atoms with van der Waals surface area (Å²) in [4.78, 5) is 8.67. The second-order valence-electron chi connectivity index (χ2n) is 4.12. The molecule has 6 nitrogen and oxygen atoms in total. The minimum absolute atomic E-state index is 0.612. The summed E-state index contributed by atoms with van der Waals surface area (Å²) in [6, 6.07) is 5.89. The Balaban J connectivity index is 2.26. The average molecular weight is 261 g/mol. The van der Waals surface area contributed by atoms with Gasteiger partial charge in [-0.3, -0.25) is 4.99 Å². The molecule has 0 saturated carbocycles. The highest BCUT2D eigenvalue weighted by Crippen LogP contribution is 2.20. The molecule has 0 atom stereocenters. The molecule has 0 aliphatic carbocycles. The van der Waals surface area contributed by atoms with Crippen molar-refractivity contribution in [3.63, 3.8) is 0 Å². The summed E-state index contributed by atoms with van der Waals surface area (Å²) in [6.07, 6.45) is 0. The van der Waals surface area contributed by atoms with E-state index in [-0.39, 0.29) is 0 Å². The zero-order valence-electron chi connectivity index (χ0n) is 11.7. The van der Waals surface area contributed by atoms with Gasteiger partial charge >= 0.3 is 0 Å². The molecule has 19 heavy (non-hydrogen) atoms. The van der Waals surface area contributed by atoms with E-state index in [1.54, 1.807) is 14.2 Å². The van der Waals surface area contributed by atoms with Gasteiger partial charge in [0.1, 0.15) is 11.6 Å². The summed E-state index contributed by atoms with van der Waals surface area (Å²) in [5.74, 6) is 2.50. The Kier molecular flexibility index (Phi) is 3.89. The predicted molar refractivity (Wildman–Crippen MR) is 76.5 cm³/mol. The second-order valence-corrected chi connectivity index (χ2v) is 4.12. The van der Waals surface area contributed by atoms with E-state index in [0.29, 0.717) is 6.54 Å². The van der Waals surface area contributed by atoms with Crippen molar-refractivity contribution in [2.75, 3.05) is 21.2 Å². The Hall–Kier alpha value is -2.24. The summed E-state index contributed by atoms with van der Waals surface area (Å²) in [6.45, 7) is 0.612. The number of imidazole rings is 1. The van der Waals surface area contributed by atoms with Crippen LogP contribution in [0.5, 0.6) is 5.75 Å². The van der Waals surface area contributed by atoms with Gasteiger partial charge in [0.2, 0.25) is 0 Å². The SMILES string of the molecule is CN=C(NC)NCc1nc2cc(OC)ccc2n1C. The number of fused-ring (bicyclic) bond motifs is 1. The summed E-state index contributed by atoms with van der Waals surface area (Å²) < 4.78 is 7.27. The van der Waals surface area contributed by atoms with E-state index >= 15 is 0 Å². The molecular weight excluding hydrogens is 242 g/mol. The van der Waals surface area contributed by atoms with E-state index in [2.05, 4.69) is 25.2 Å². The van der Waals surface area contributed by atoms with Gasteiger partial charge in [0.05, 0.1) is 24.7 Å². The fraction of sp³-hybridized carbons (Fsp3) is 0.385. The van der Waals surface area contributed by atoms with Gasteiger partial charge in [0.15, 0.2) is 5.96 Å². The van der Waals surface area contributed by atoms with Gasteiger partial charge < -0.3 is 19.9 Å². The number of aryl methyl sites for hydroxylation is 1. The minimum Gasteiger partial charge on any atom is -0.497 e. The number of aliphatic imine (C=N–C) groups is 1. The monoisotopic (exact) mass is 261 g/mol. The van der Waals surface area contributed by atoms with Crippen molar-refractivity contribution in [3.8, 4) is 5.75 Å². The number of ether oxygens (including phenoxy) is 1. The minimum atomic E-state index is 0.612. The van der Waals surface area contributed by atoms with Crippen LogP contribution in [0.15, 0.2) is 23.2 Å². The maximum Gasteiger partial charge on any atom is 0.191 e. The normalized spacial score (nSPS) is 11.7. The molecule has 2 rings (SSSR count). The molecule has 1 aromatic carbocycles. The van der Waals surface area contributed by atoms with Crippen molar-refractivity contribution in [2.45, 2.75) is 6.54 Å². The van der Waals surface area contributed by atoms with Crippen LogP contribution in [0.3, 0.4) is 0 Å². The van der Waals surface area contributed by atoms with Gasteiger partial charge in [-0.2, -0.15) is 0 Å². The average Bonchev–Trinajstić information content (AvgIpc) is 2.76. The van der Waals surface area contributed by atoms with E-state index in [9.17, 15) is 0 Å². The van der Waals surface area contributed by atoms with Gasteiger partial charge in [-0.15, -0.1) is 0 Å². The third kappa shape index (κ3) is 2.62. The molecule has 0 aliphatic rings. The van der Waals surface area contributed by atoms with Gasteiger partial charge in [-0.25, -0.2) is 4.98 Å². The van der Waals surface area contributed by atoms with Crippen LogP contribution in [0.2, 0.25) is 0 Å². The Bertz CT molecular complexity index is 602. The van der Waals surface area contributed by atoms with Gasteiger partial charge in [0, 0.05) is 27.2 Å². The largest absolute Gasteiger partial charge is 0.497 e. The molecule has 0 spiro atoms. The lowest BCUT2D eigenvalue weighted by molar-refractivity contribution is 0.415. The first kappa shape index (κ1) is 13.2. The van der Waals surface area contributed by atoms with E-state index in [1.165, 1.54) is 0 Å². The van der Waals surface area contributed by atoms with E-state index < -0.39 is 0 Å². The van der Waals surface area contributed by atoms with Crippen LogP contribution in [-0.4, -0.2) is 36.7 Å². The van der Waals surface area contributed by atoms with Crippen molar-refractivity contribution in [1.82, 2.24) is 20.2 Å². The molecule has 0 bridgehead atoms. The van der Waals surface area contributed by atoms with Crippen molar-refractivity contribution < 1.29 is 4.74 Å². The molecule has 2 N–H and O–H groups in total. The van der Waals surface area contributed by atoms with Crippen molar-refractivity contribution in [1.29, 1.82) is 0 Å². The van der Waals surface area contributed by atoms with Crippen molar-refractivity contribution in [2.24, 2.45) is 12.0 Å². The van der Waals surface area contributed by atoms with Gasteiger partial charge in [0.25, 0.3) is 0 Å². The first-order valence-electron chi connectivity index (χ1n) is 6.07. The Morgan fingerprint density at radius 2 is 2.26 bits per heavy atom. The van der Waals surface area contributed by atoms with Crippen LogP contribution in [0.1, 0.15) is 5.82 Å². The quantitative estimate of drug-likeness (QED) is 0.636. The summed E-state index contributed by atoms with van der Waals surface area (Å²) >= 11 is 0. The molecule has 0 amide bonds. The molecule has 1 heterocycles. The molecule has 0 unspecified atom stereocenters. The number of nitrogens with zero attached hydrogens (tertiary/aromatic N) is 3. The molecule has 0 radical (unpaired) electrons. The van der Waals surface area contributed by atoms with Crippen LogP contribution in [-0.2, 0) is 13.6 Å². The molecule has 2 aromatic rings. The first-order chi connectivity index (χ1) is 9.19. The van der Waals surface area contributed by atoms with Crippen molar-refractivity contribution >= 4 is 17.0 Å². The number of hydrogen-bond acceptors (Lipinski definition) is 3. The van der Waals surface area contributed by atoms with Gasteiger partial charge in [-0.05, 0) is 12.1 Å². The Morgan fingerprint density at radius 1 is 1.47 bits per heavy atom. The topological polar surface area (TPSA) is 63.5 Å². The van der Waals surface area contributed by atoms with E-state index in [1.807, 2.05) is 32.3 Å². The molecule has 0 saturated heterocycles. The van der Waals surface area contributed by atoms with Crippen LogP contribution >= 0.6 is 0 Å². The maximum absolute atomic E-state index is 5.21. The highest BCUT2D eigenvalue weighted by atomic mass is 16.5. The molecule has 0 fully saturated rings. The van der Waals surface area contributed by atoms with E-state index in [0.717, 1.165) is 28.6 Å². The second kappa shape index (κ2) is 5.60. The molecule has 102 valence electrons. The summed E-state index contributed by atoms with van der Waals surface area (Å²) in [5, 5.41) is 6.17. The molecule has 6 heteroatoms. The van der Waals surface area contributed by atoms with Crippen LogP contribution in [0.4, 0.5) is 0 Å². The summed E-state index contributed by atoms with van der Waals surface area (Å²) in [5.41, 5.74) is 2.01. The number of rotatable bonds is 3. The number of methoxy groups -OCH3 is 1. The zero-order chi connectivity index (χ0) is 13.8. The van der Waals surface area contributed by atoms with E-state index in [4.69, 9.17) is 4.74 Å². The smallest absolute Gasteiger partial charge is 0.191 e.